The summed E-state index contributed by atoms with van der Waals surface area (Å²) in [4.78, 5) is 24.6. The molecule has 1 aromatic heterocycles. The summed E-state index contributed by atoms with van der Waals surface area (Å²) >= 11 is 1.38. The fourth-order valence-corrected chi connectivity index (χ4v) is 3.61. The molecule has 0 radical (unpaired) electrons. The van der Waals surface area contributed by atoms with Crippen molar-refractivity contribution >= 4 is 33.9 Å². The van der Waals surface area contributed by atoms with Crippen LogP contribution in [0.25, 0.3) is 11.1 Å². The Morgan fingerprint density at radius 3 is 2.96 bits per heavy atom. The molecule has 0 aliphatic carbocycles. The summed E-state index contributed by atoms with van der Waals surface area (Å²) in [7, 11) is 1.33. The van der Waals surface area contributed by atoms with Gasteiger partial charge in [-0.25, -0.2) is 4.79 Å². The normalized spacial score (nSPS) is 13.0. The lowest BCUT2D eigenvalue weighted by Gasteiger charge is -2.19. The van der Waals surface area contributed by atoms with Crippen LogP contribution in [0.3, 0.4) is 0 Å². The number of carbonyl (C=O) groups is 2. The van der Waals surface area contributed by atoms with Crippen molar-refractivity contribution in [1.29, 1.82) is 0 Å². The van der Waals surface area contributed by atoms with E-state index in [-0.39, 0.29) is 12.5 Å². The number of carbonyl (C=O) groups excluding carboxylic acids is 2. The predicted octanol–water partition coefficient (Wildman–Crippen LogP) is 2.68. The smallest absolute Gasteiger partial charge is 0.341 e. The van der Waals surface area contributed by atoms with Gasteiger partial charge in [0.1, 0.15) is 16.3 Å². The van der Waals surface area contributed by atoms with Crippen LogP contribution in [0.1, 0.15) is 22.2 Å². The molecule has 1 aliphatic rings. The highest BCUT2D eigenvalue weighted by atomic mass is 32.1. The number of aryl methyl sites for hydroxylation is 1. The molecule has 2 aromatic rings. The van der Waals surface area contributed by atoms with E-state index in [1.807, 2.05) is 13.0 Å². The van der Waals surface area contributed by atoms with Crippen LogP contribution in [-0.2, 0) is 16.0 Å². The number of hydrogen-bond donors (Lipinski definition) is 2. The summed E-state index contributed by atoms with van der Waals surface area (Å²) < 4.78 is 10.2. The van der Waals surface area contributed by atoms with Gasteiger partial charge in [0.2, 0.25) is 0 Å². The van der Waals surface area contributed by atoms with Gasteiger partial charge in [0.05, 0.1) is 12.8 Å². The first-order valence-electron chi connectivity index (χ1n) is 7.11. The van der Waals surface area contributed by atoms with E-state index in [4.69, 9.17) is 15.2 Å². The number of anilines is 2. The van der Waals surface area contributed by atoms with Crippen molar-refractivity contribution in [2.45, 2.75) is 13.3 Å². The third kappa shape index (κ3) is 2.63. The Balaban J connectivity index is 2.16. The van der Waals surface area contributed by atoms with Crippen LogP contribution in [0.2, 0.25) is 0 Å². The number of fused-ring (bicyclic) bond motifs is 1. The summed E-state index contributed by atoms with van der Waals surface area (Å²) in [6.45, 7) is 2.00. The minimum Gasteiger partial charge on any atom is -0.482 e. The number of esters is 1. The van der Waals surface area contributed by atoms with E-state index in [0.717, 1.165) is 22.4 Å². The maximum absolute atomic E-state index is 12.1. The molecule has 23 heavy (non-hydrogen) atoms. The van der Waals surface area contributed by atoms with Gasteiger partial charge in [-0.05, 0) is 24.1 Å². The summed E-state index contributed by atoms with van der Waals surface area (Å²) in [5, 5.41) is 3.20. The van der Waals surface area contributed by atoms with Gasteiger partial charge in [-0.2, -0.15) is 0 Å². The Kier molecular flexibility index (Phi) is 3.96. The van der Waals surface area contributed by atoms with Gasteiger partial charge < -0.3 is 20.5 Å². The quantitative estimate of drug-likeness (QED) is 0.843. The van der Waals surface area contributed by atoms with Crippen LogP contribution in [-0.4, -0.2) is 25.6 Å². The predicted molar refractivity (Wildman–Crippen MR) is 89.0 cm³/mol. The molecule has 0 spiro atoms. The zero-order chi connectivity index (χ0) is 16.6. The average molecular weight is 332 g/mol. The number of rotatable bonds is 3. The molecule has 0 saturated carbocycles. The third-order valence-electron chi connectivity index (χ3n) is 3.62. The SMILES string of the molecule is CCc1sc(N)c(C(=O)OC)c1-c1ccc2c(c1)NC(=O)CO2. The number of nitrogen functional groups attached to an aromatic ring is 1. The zero-order valence-electron chi connectivity index (χ0n) is 12.8. The van der Waals surface area contributed by atoms with Crippen molar-refractivity contribution in [3.63, 3.8) is 0 Å². The van der Waals surface area contributed by atoms with Crippen molar-refractivity contribution in [2.24, 2.45) is 0 Å². The van der Waals surface area contributed by atoms with E-state index < -0.39 is 5.97 Å². The van der Waals surface area contributed by atoms with Gasteiger partial charge in [0.15, 0.2) is 6.61 Å². The molecule has 1 amide bonds. The molecule has 2 heterocycles. The van der Waals surface area contributed by atoms with E-state index in [2.05, 4.69) is 5.32 Å². The van der Waals surface area contributed by atoms with Crippen LogP contribution >= 0.6 is 11.3 Å². The molecule has 0 bridgehead atoms. The molecule has 7 heteroatoms. The standard InChI is InChI=1S/C16H16N2O4S/c1-3-11-13(14(15(17)23-11)16(20)21-2)8-4-5-10-9(6-8)18-12(19)7-22-10/h4-6H,3,7,17H2,1-2H3,(H,18,19). The van der Waals surface area contributed by atoms with Crippen molar-refractivity contribution < 1.29 is 19.1 Å². The topological polar surface area (TPSA) is 90.7 Å². The number of methoxy groups -OCH3 is 1. The van der Waals surface area contributed by atoms with E-state index in [1.165, 1.54) is 18.4 Å². The van der Waals surface area contributed by atoms with E-state index in [1.54, 1.807) is 12.1 Å². The Bertz CT molecular complexity index is 798. The zero-order valence-corrected chi connectivity index (χ0v) is 13.6. The van der Waals surface area contributed by atoms with Crippen LogP contribution in [0.5, 0.6) is 5.75 Å². The summed E-state index contributed by atoms with van der Waals surface area (Å²) in [5.41, 5.74) is 8.52. The number of benzene rings is 1. The van der Waals surface area contributed by atoms with Gasteiger partial charge in [0, 0.05) is 10.4 Å². The van der Waals surface area contributed by atoms with Gasteiger partial charge in [-0.3, -0.25) is 4.79 Å². The molecule has 3 N–H and O–H groups in total. The van der Waals surface area contributed by atoms with Gasteiger partial charge in [-0.15, -0.1) is 11.3 Å². The number of hydrogen-bond acceptors (Lipinski definition) is 6. The monoisotopic (exact) mass is 332 g/mol. The average Bonchev–Trinajstić information content (AvgIpc) is 2.89. The Morgan fingerprint density at radius 1 is 1.48 bits per heavy atom. The van der Waals surface area contributed by atoms with Gasteiger partial charge in [0.25, 0.3) is 5.91 Å². The van der Waals surface area contributed by atoms with Crippen molar-refractivity contribution in [2.75, 3.05) is 24.8 Å². The Hall–Kier alpha value is -2.54. The number of nitrogens with one attached hydrogen (secondary N) is 1. The second-order valence-corrected chi connectivity index (χ2v) is 6.17. The molecule has 6 nitrogen and oxygen atoms in total. The molecule has 0 unspecified atom stereocenters. The van der Waals surface area contributed by atoms with Crippen LogP contribution in [0.15, 0.2) is 18.2 Å². The molecule has 0 fully saturated rings. The first-order chi connectivity index (χ1) is 11.0. The number of ether oxygens (including phenoxy) is 2. The third-order valence-corrected chi connectivity index (χ3v) is 4.78. The van der Waals surface area contributed by atoms with Crippen molar-refractivity contribution in [3.8, 4) is 16.9 Å². The molecular formula is C16H16N2O4S. The lowest BCUT2D eigenvalue weighted by Crippen LogP contribution is -2.25. The summed E-state index contributed by atoms with van der Waals surface area (Å²) in [5.74, 6) is -0.0657. The Labute approximate surface area is 137 Å². The van der Waals surface area contributed by atoms with E-state index in [9.17, 15) is 9.59 Å². The van der Waals surface area contributed by atoms with Crippen molar-refractivity contribution in [3.05, 3.63) is 28.6 Å². The summed E-state index contributed by atoms with van der Waals surface area (Å²) in [6.07, 6.45) is 0.737. The summed E-state index contributed by atoms with van der Waals surface area (Å²) in [6, 6.07) is 5.42. The lowest BCUT2D eigenvalue weighted by molar-refractivity contribution is -0.118. The molecule has 0 atom stereocenters. The van der Waals surface area contributed by atoms with Crippen LogP contribution < -0.4 is 15.8 Å². The highest BCUT2D eigenvalue weighted by Crippen LogP contribution is 2.42. The van der Waals surface area contributed by atoms with Gasteiger partial charge in [-0.1, -0.05) is 13.0 Å². The number of amides is 1. The fourth-order valence-electron chi connectivity index (χ4n) is 2.60. The minimum absolute atomic E-state index is 0.00532. The second kappa shape index (κ2) is 5.92. The second-order valence-electron chi connectivity index (χ2n) is 5.03. The van der Waals surface area contributed by atoms with E-state index >= 15 is 0 Å². The lowest BCUT2D eigenvalue weighted by atomic mass is 9.99. The van der Waals surface area contributed by atoms with Gasteiger partial charge >= 0.3 is 5.97 Å². The van der Waals surface area contributed by atoms with E-state index in [0.29, 0.717) is 22.0 Å². The largest absolute Gasteiger partial charge is 0.482 e. The maximum atomic E-state index is 12.1. The highest BCUT2D eigenvalue weighted by Gasteiger charge is 2.25. The highest BCUT2D eigenvalue weighted by molar-refractivity contribution is 7.17. The maximum Gasteiger partial charge on any atom is 0.341 e. The van der Waals surface area contributed by atoms with Crippen LogP contribution in [0.4, 0.5) is 10.7 Å². The first-order valence-corrected chi connectivity index (χ1v) is 7.93. The molecule has 1 aromatic carbocycles. The Morgan fingerprint density at radius 2 is 2.26 bits per heavy atom. The molecular weight excluding hydrogens is 316 g/mol. The fraction of sp³-hybridized carbons (Fsp3) is 0.250. The number of nitrogens with two attached hydrogens (primary N) is 1. The van der Waals surface area contributed by atoms with Crippen molar-refractivity contribution in [1.82, 2.24) is 0 Å². The minimum atomic E-state index is -0.466. The molecule has 0 saturated heterocycles. The number of thiophene rings is 1. The van der Waals surface area contributed by atoms with Crippen LogP contribution in [0, 0.1) is 0 Å². The first kappa shape index (κ1) is 15.4. The molecule has 1 aliphatic heterocycles. The molecule has 120 valence electrons. The molecule has 3 rings (SSSR count).